The summed E-state index contributed by atoms with van der Waals surface area (Å²) in [7, 11) is 0. The van der Waals surface area contributed by atoms with Crippen molar-refractivity contribution < 1.29 is 9.21 Å². The summed E-state index contributed by atoms with van der Waals surface area (Å²) < 4.78 is 5.24. The molecule has 1 amide bonds. The average Bonchev–Trinajstić information content (AvgIpc) is 2.65. The van der Waals surface area contributed by atoms with Crippen LogP contribution in [0.4, 0.5) is 0 Å². The largest absolute Gasteiger partial charge is 0.467 e. The Morgan fingerprint density at radius 1 is 1.50 bits per heavy atom. The van der Waals surface area contributed by atoms with E-state index in [4.69, 9.17) is 10.2 Å². The van der Waals surface area contributed by atoms with Crippen molar-refractivity contribution in [1.29, 1.82) is 0 Å². The molecule has 1 heterocycles. The van der Waals surface area contributed by atoms with Crippen LogP contribution in [-0.2, 0) is 4.79 Å². The Morgan fingerprint density at radius 2 is 2.17 bits per heavy atom. The zero-order chi connectivity index (χ0) is 13.8. The van der Waals surface area contributed by atoms with Crippen LogP contribution in [0.1, 0.15) is 52.3 Å². The van der Waals surface area contributed by atoms with Crippen LogP contribution in [0.25, 0.3) is 0 Å². The molecule has 0 bridgehead atoms. The molecule has 1 aromatic rings. The van der Waals surface area contributed by atoms with Crippen molar-refractivity contribution >= 4 is 5.91 Å². The van der Waals surface area contributed by atoms with Crippen LogP contribution in [0.5, 0.6) is 0 Å². The van der Waals surface area contributed by atoms with E-state index >= 15 is 0 Å². The summed E-state index contributed by atoms with van der Waals surface area (Å²) in [5.41, 5.74) is 6.12. The van der Waals surface area contributed by atoms with Crippen LogP contribution < -0.4 is 11.1 Å². The topological polar surface area (TPSA) is 68.3 Å². The van der Waals surface area contributed by atoms with Crippen molar-refractivity contribution in [3.63, 3.8) is 0 Å². The summed E-state index contributed by atoms with van der Waals surface area (Å²) in [6.07, 6.45) is 2.78. The first kappa shape index (κ1) is 14.8. The monoisotopic (exact) mass is 252 g/mol. The van der Waals surface area contributed by atoms with Gasteiger partial charge in [0.1, 0.15) is 5.76 Å². The third-order valence-corrected chi connectivity index (χ3v) is 2.67. The van der Waals surface area contributed by atoms with Gasteiger partial charge in [0.2, 0.25) is 5.91 Å². The molecule has 0 aliphatic rings. The Bertz CT molecular complexity index is 366. The molecule has 0 aliphatic heterocycles. The van der Waals surface area contributed by atoms with Gasteiger partial charge in [-0.1, -0.05) is 20.8 Å². The van der Waals surface area contributed by atoms with Gasteiger partial charge in [-0.2, -0.15) is 0 Å². The molecule has 102 valence electrons. The van der Waals surface area contributed by atoms with E-state index in [9.17, 15) is 4.79 Å². The summed E-state index contributed by atoms with van der Waals surface area (Å²) in [5, 5.41) is 2.89. The van der Waals surface area contributed by atoms with Crippen molar-refractivity contribution in [2.45, 2.75) is 52.6 Å². The number of amides is 1. The first-order chi connectivity index (χ1) is 8.28. The summed E-state index contributed by atoms with van der Waals surface area (Å²) in [5.74, 6) is 0.725. The molecule has 3 N–H and O–H groups in total. The van der Waals surface area contributed by atoms with E-state index in [-0.39, 0.29) is 23.4 Å². The maximum atomic E-state index is 11.8. The van der Waals surface area contributed by atoms with Crippen molar-refractivity contribution in [2.75, 3.05) is 0 Å². The van der Waals surface area contributed by atoms with Crippen molar-refractivity contribution in [2.24, 2.45) is 11.1 Å². The number of hydrogen-bond acceptors (Lipinski definition) is 3. The molecule has 1 rings (SSSR count). The molecule has 4 heteroatoms. The van der Waals surface area contributed by atoms with E-state index in [1.165, 1.54) is 0 Å². The fourth-order valence-corrected chi connectivity index (χ4v) is 2.01. The molecule has 1 unspecified atom stereocenters. The van der Waals surface area contributed by atoms with Crippen LogP contribution in [0, 0.1) is 5.41 Å². The highest BCUT2D eigenvalue weighted by Crippen LogP contribution is 2.21. The van der Waals surface area contributed by atoms with Crippen LogP contribution in [0.3, 0.4) is 0 Å². The number of nitrogens with one attached hydrogen (secondary N) is 1. The quantitative estimate of drug-likeness (QED) is 0.846. The van der Waals surface area contributed by atoms with Crippen molar-refractivity contribution in [3.05, 3.63) is 24.2 Å². The number of carbonyl (C=O) groups excluding carboxylic acids is 1. The van der Waals surface area contributed by atoms with Crippen molar-refractivity contribution in [1.82, 2.24) is 5.32 Å². The molecule has 0 saturated heterocycles. The Balaban J connectivity index is 2.38. The van der Waals surface area contributed by atoms with E-state index in [1.807, 2.05) is 19.1 Å². The maximum Gasteiger partial charge on any atom is 0.222 e. The number of nitrogens with two attached hydrogens (primary N) is 1. The van der Waals surface area contributed by atoms with Crippen LogP contribution >= 0.6 is 0 Å². The molecule has 0 spiro atoms. The van der Waals surface area contributed by atoms with Gasteiger partial charge in [0.05, 0.1) is 12.3 Å². The van der Waals surface area contributed by atoms with Gasteiger partial charge in [0.25, 0.3) is 0 Å². The number of hydrogen-bond donors (Lipinski definition) is 2. The second kappa shape index (κ2) is 6.05. The zero-order valence-electron chi connectivity index (χ0n) is 11.7. The lowest BCUT2D eigenvalue weighted by Crippen LogP contribution is -2.35. The molecule has 0 aromatic carbocycles. The minimum Gasteiger partial charge on any atom is -0.467 e. The Labute approximate surface area is 109 Å². The lowest BCUT2D eigenvalue weighted by molar-refractivity contribution is -0.122. The standard InChI is InChI=1S/C14H24N2O2/c1-10(12-6-5-7-18-12)16-13(17)8-11(15)9-14(2,3)4/h5-7,10-11H,8-9,15H2,1-4H3,(H,16,17)/t10-,11?/m0/s1. The lowest BCUT2D eigenvalue weighted by atomic mass is 9.87. The Morgan fingerprint density at radius 3 is 2.67 bits per heavy atom. The second-order valence-corrected chi connectivity index (χ2v) is 6.03. The van der Waals surface area contributed by atoms with Gasteiger partial charge in [-0.3, -0.25) is 4.79 Å². The summed E-state index contributed by atoms with van der Waals surface area (Å²) in [4.78, 5) is 11.8. The Kier molecular flexibility index (Phi) is 4.96. The smallest absolute Gasteiger partial charge is 0.222 e. The van der Waals surface area contributed by atoms with Gasteiger partial charge in [0.15, 0.2) is 0 Å². The fraction of sp³-hybridized carbons (Fsp3) is 0.643. The maximum absolute atomic E-state index is 11.8. The molecule has 18 heavy (non-hydrogen) atoms. The molecule has 0 saturated carbocycles. The molecule has 0 fully saturated rings. The average molecular weight is 252 g/mol. The van der Waals surface area contributed by atoms with Gasteiger partial charge in [-0.15, -0.1) is 0 Å². The number of furan rings is 1. The predicted molar refractivity (Wildman–Crippen MR) is 71.9 cm³/mol. The summed E-state index contributed by atoms with van der Waals surface area (Å²) in [6, 6.07) is 3.44. The fourth-order valence-electron chi connectivity index (χ4n) is 2.01. The van der Waals surface area contributed by atoms with Gasteiger partial charge >= 0.3 is 0 Å². The third kappa shape index (κ3) is 5.36. The van der Waals surface area contributed by atoms with E-state index in [0.717, 1.165) is 12.2 Å². The highest BCUT2D eigenvalue weighted by molar-refractivity contribution is 5.76. The highest BCUT2D eigenvalue weighted by Gasteiger charge is 2.19. The van der Waals surface area contributed by atoms with Crippen LogP contribution in [0.2, 0.25) is 0 Å². The third-order valence-electron chi connectivity index (χ3n) is 2.67. The molecular weight excluding hydrogens is 228 g/mol. The number of rotatable bonds is 5. The van der Waals surface area contributed by atoms with Gasteiger partial charge in [-0.05, 0) is 30.9 Å². The van der Waals surface area contributed by atoms with E-state index in [2.05, 4.69) is 26.1 Å². The minimum absolute atomic E-state index is 0.0318. The molecule has 1 aromatic heterocycles. The zero-order valence-corrected chi connectivity index (χ0v) is 11.7. The molecule has 2 atom stereocenters. The summed E-state index contributed by atoms with van der Waals surface area (Å²) in [6.45, 7) is 8.26. The van der Waals surface area contributed by atoms with Crippen LogP contribution in [0.15, 0.2) is 22.8 Å². The lowest BCUT2D eigenvalue weighted by Gasteiger charge is -2.23. The van der Waals surface area contributed by atoms with Gasteiger partial charge in [-0.25, -0.2) is 0 Å². The van der Waals surface area contributed by atoms with Gasteiger partial charge < -0.3 is 15.5 Å². The molecular formula is C14H24N2O2. The predicted octanol–water partition coefficient (Wildman–Crippen LogP) is 2.61. The van der Waals surface area contributed by atoms with E-state index in [0.29, 0.717) is 6.42 Å². The second-order valence-electron chi connectivity index (χ2n) is 6.03. The van der Waals surface area contributed by atoms with E-state index < -0.39 is 0 Å². The van der Waals surface area contributed by atoms with E-state index in [1.54, 1.807) is 6.26 Å². The van der Waals surface area contributed by atoms with Gasteiger partial charge in [0, 0.05) is 12.5 Å². The Hall–Kier alpha value is -1.29. The minimum atomic E-state index is -0.116. The van der Waals surface area contributed by atoms with Crippen molar-refractivity contribution in [3.8, 4) is 0 Å². The molecule has 0 radical (unpaired) electrons. The first-order valence-electron chi connectivity index (χ1n) is 6.36. The highest BCUT2D eigenvalue weighted by atomic mass is 16.3. The normalized spacial score (nSPS) is 15.2. The first-order valence-corrected chi connectivity index (χ1v) is 6.36. The molecule has 0 aliphatic carbocycles. The van der Waals surface area contributed by atoms with Crippen LogP contribution in [-0.4, -0.2) is 11.9 Å². The number of carbonyl (C=O) groups is 1. The SMILES string of the molecule is C[C@H](NC(=O)CC(N)CC(C)(C)C)c1ccco1. The molecule has 4 nitrogen and oxygen atoms in total. The summed E-state index contributed by atoms with van der Waals surface area (Å²) >= 11 is 0.